The van der Waals surface area contributed by atoms with E-state index in [2.05, 4.69) is 60.6 Å². The normalized spacial score (nSPS) is 15.1. The van der Waals surface area contributed by atoms with Crippen molar-refractivity contribution in [2.45, 2.75) is 27.7 Å². The van der Waals surface area contributed by atoms with Crippen LogP contribution in [0.5, 0.6) is 0 Å². The lowest BCUT2D eigenvalue weighted by atomic mass is 10.2. The van der Waals surface area contributed by atoms with Crippen LogP contribution < -0.4 is 9.80 Å². The van der Waals surface area contributed by atoms with Gasteiger partial charge in [-0.2, -0.15) is 0 Å². The summed E-state index contributed by atoms with van der Waals surface area (Å²) in [4.78, 5) is 29.5. The number of para-hydroxylation sites is 1. The number of carbonyl (C=O) groups excluding carboxylic acids is 2. The third kappa shape index (κ3) is 3.98. The fourth-order valence-electron chi connectivity index (χ4n) is 4.14. The fourth-order valence-corrected chi connectivity index (χ4v) is 4.97. The molecule has 1 aliphatic rings. The van der Waals surface area contributed by atoms with E-state index in [1.54, 1.807) is 12.1 Å². The van der Waals surface area contributed by atoms with Crippen molar-refractivity contribution in [1.82, 2.24) is 4.57 Å². The van der Waals surface area contributed by atoms with Crippen LogP contribution in [0.2, 0.25) is 0 Å². The molecule has 0 atom stereocenters. The minimum absolute atomic E-state index is 0.270. The first-order valence-electron chi connectivity index (χ1n) is 10.8. The van der Waals surface area contributed by atoms with E-state index in [1.807, 2.05) is 31.2 Å². The van der Waals surface area contributed by atoms with E-state index in [4.69, 9.17) is 0 Å². The molecule has 0 aliphatic carbocycles. The maximum Gasteiger partial charge on any atom is 0.298 e. The molecule has 0 unspecified atom stereocenters. The summed E-state index contributed by atoms with van der Waals surface area (Å²) in [5.74, 6) is -0.278. The highest BCUT2D eigenvalue weighted by molar-refractivity contribution is 8.19. The largest absolute Gasteiger partial charge is 0.372 e. The number of rotatable bonds is 6. The zero-order chi connectivity index (χ0) is 22.8. The summed E-state index contributed by atoms with van der Waals surface area (Å²) in [5, 5.41) is -0.270. The summed E-state index contributed by atoms with van der Waals surface area (Å²) in [7, 11) is 0. The van der Waals surface area contributed by atoms with Crippen LogP contribution in [-0.4, -0.2) is 28.8 Å². The summed E-state index contributed by atoms with van der Waals surface area (Å²) in [6.45, 7) is 10.4. The molecule has 5 nitrogen and oxygen atoms in total. The Labute approximate surface area is 193 Å². The maximum absolute atomic E-state index is 13.0. The van der Waals surface area contributed by atoms with E-state index < -0.39 is 0 Å². The molecule has 164 valence electrons. The average molecular weight is 446 g/mol. The van der Waals surface area contributed by atoms with Crippen LogP contribution >= 0.6 is 11.8 Å². The van der Waals surface area contributed by atoms with Gasteiger partial charge in [0.15, 0.2) is 0 Å². The molecule has 2 amide bonds. The standard InChI is InChI=1S/C26H27N3O2S/c1-5-27(6-2)21-12-14-23(15-13-21)28-18(3)16-20(19(28)4)17-24-25(30)29(26(31)32-24)22-10-8-7-9-11-22/h7-17H,5-6H2,1-4H3. The highest BCUT2D eigenvalue weighted by Crippen LogP contribution is 2.36. The summed E-state index contributed by atoms with van der Waals surface area (Å²) in [5.41, 5.74) is 5.92. The molecule has 0 radical (unpaired) electrons. The first-order valence-corrected chi connectivity index (χ1v) is 11.6. The molecule has 1 aromatic heterocycles. The van der Waals surface area contributed by atoms with Crippen molar-refractivity contribution in [2.24, 2.45) is 0 Å². The lowest BCUT2D eigenvalue weighted by Gasteiger charge is -2.21. The van der Waals surface area contributed by atoms with Gasteiger partial charge in [0.2, 0.25) is 0 Å². The Morgan fingerprint density at radius 2 is 1.56 bits per heavy atom. The SMILES string of the molecule is CCN(CC)c1ccc(-n2c(C)cc(C=C3SC(=O)N(c4ccccc4)C3=O)c2C)cc1. The molecule has 2 aromatic carbocycles. The minimum atomic E-state index is -0.278. The van der Waals surface area contributed by atoms with E-state index in [0.717, 1.165) is 47.5 Å². The van der Waals surface area contributed by atoms with Gasteiger partial charge >= 0.3 is 0 Å². The Hall–Kier alpha value is -3.25. The lowest BCUT2D eigenvalue weighted by Crippen LogP contribution is -2.27. The van der Waals surface area contributed by atoms with Gasteiger partial charge in [0.25, 0.3) is 11.1 Å². The van der Waals surface area contributed by atoms with Crippen LogP contribution in [0.1, 0.15) is 30.8 Å². The molecule has 1 aliphatic heterocycles. The van der Waals surface area contributed by atoms with Crippen molar-refractivity contribution in [2.75, 3.05) is 22.9 Å². The molecule has 0 spiro atoms. The Morgan fingerprint density at radius 1 is 0.906 bits per heavy atom. The molecule has 1 fully saturated rings. The van der Waals surface area contributed by atoms with Gasteiger partial charge in [0.05, 0.1) is 10.6 Å². The van der Waals surface area contributed by atoms with Crippen molar-refractivity contribution in [3.8, 4) is 5.69 Å². The van der Waals surface area contributed by atoms with Gasteiger partial charge in [-0.15, -0.1) is 0 Å². The number of anilines is 2. The van der Waals surface area contributed by atoms with Crippen LogP contribution in [0.4, 0.5) is 16.2 Å². The van der Waals surface area contributed by atoms with Gasteiger partial charge in [-0.3, -0.25) is 9.59 Å². The van der Waals surface area contributed by atoms with Crippen LogP contribution in [0.15, 0.2) is 65.6 Å². The van der Waals surface area contributed by atoms with Crippen molar-refractivity contribution in [3.05, 3.63) is 82.5 Å². The highest BCUT2D eigenvalue weighted by Gasteiger charge is 2.36. The summed E-state index contributed by atoms with van der Waals surface area (Å²) >= 11 is 0.985. The summed E-state index contributed by atoms with van der Waals surface area (Å²) < 4.78 is 2.18. The second-order valence-corrected chi connectivity index (χ2v) is 8.70. The molecule has 6 heteroatoms. The topological polar surface area (TPSA) is 45.6 Å². The molecule has 3 aromatic rings. The third-order valence-corrected chi connectivity index (χ3v) is 6.67. The van der Waals surface area contributed by atoms with Crippen molar-refractivity contribution < 1.29 is 9.59 Å². The van der Waals surface area contributed by atoms with Crippen molar-refractivity contribution >= 4 is 40.4 Å². The number of hydrogen-bond acceptors (Lipinski definition) is 4. The summed E-state index contributed by atoms with van der Waals surface area (Å²) in [6.07, 6.45) is 1.83. The van der Waals surface area contributed by atoms with Gasteiger partial charge in [-0.05, 0) is 93.6 Å². The van der Waals surface area contributed by atoms with Gasteiger partial charge in [-0.1, -0.05) is 18.2 Å². The molecule has 2 heterocycles. The Morgan fingerprint density at radius 3 is 2.19 bits per heavy atom. The fraction of sp³-hybridized carbons (Fsp3) is 0.231. The lowest BCUT2D eigenvalue weighted by molar-refractivity contribution is -0.113. The molecule has 0 saturated carbocycles. The van der Waals surface area contributed by atoms with Crippen LogP contribution in [0, 0.1) is 13.8 Å². The van der Waals surface area contributed by atoms with Gasteiger partial charge < -0.3 is 9.47 Å². The second kappa shape index (κ2) is 9.09. The van der Waals surface area contributed by atoms with Crippen LogP contribution in [-0.2, 0) is 4.79 Å². The molecular weight excluding hydrogens is 418 g/mol. The smallest absolute Gasteiger partial charge is 0.298 e. The number of nitrogens with zero attached hydrogens (tertiary/aromatic N) is 3. The second-order valence-electron chi connectivity index (χ2n) is 7.70. The number of aryl methyl sites for hydroxylation is 1. The Balaban J connectivity index is 1.64. The molecule has 0 N–H and O–H groups in total. The van der Waals surface area contributed by atoms with Gasteiger partial charge in [0, 0.05) is 35.9 Å². The molecule has 0 bridgehead atoms. The van der Waals surface area contributed by atoms with Crippen LogP contribution in [0.25, 0.3) is 11.8 Å². The van der Waals surface area contributed by atoms with E-state index in [9.17, 15) is 9.59 Å². The molecule has 1 saturated heterocycles. The zero-order valence-electron chi connectivity index (χ0n) is 18.8. The number of carbonyl (C=O) groups is 2. The molecule has 4 rings (SSSR count). The van der Waals surface area contributed by atoms with Crippen LogP contribution in [0.3, 0.4) is 0 Å². The molecule has 32 heavy (non-hydrogen) atoms. The first kappa shape index (κ1) is 22.0. The van der Waals surface area contributed by atoms with Gasteiger partial charge in [-0.25, -0.2) is 4.90 Å². The van der Waals surface area contributed by atoms with E-state index >= 15 is 0 Å². The predicted molar refractivity (Wildman–Crippen MR) is 134 cm³/mol. The third-order valence-electron chi connectivity index (χ3n) is 5.80. The number of hydrogen-bond donors (Lipinski definition) is 0. The predicted octanol–water partition coefficient (Wildman–Crippen LogP) is 6.18. The maximum atomic E-state index is 13.0. The highest BCUT2D eigenvalue weighted by atomic mass is 32.2. The van der Waals surface area contributed by atoms with E-state index in [1.165, 1.54) is 10.6 Å². The first-order chi connectivity index (χ1) is 15.4. The average Bonchev–Trinajstić information content (AvgIpc) is 3.24. The van der Waals surface area contributed by atoms with E-state index in [0.29, 0.717) is 10.6 Å². The quantitative estimate of drug-likeness (QED) is 0.425. The number of aromatic nitrogens is 1. The van der Waals surface area contributed by atoms with Crippen molar-refractivity contribution in [3.63, 3.8) is 0 Å². The van der Waals surface area contributed by atoms with E-state index in [-0.39, 0.29) is 11.1 Å². The Kier molecular flexibility index (Phi) is 6.24. The monoisotopic (exact) mass is 445 g/mol. The number of benzene rings is 2. The summed E-state index contributed by atoms with van der Waals surface area (Å²) in [6, 6.07) is 19.6. The number of thioether (sulfide) groups is 1. The number of amides is 2. The van der Waals surface area contributed by atoms with Gasteiger partial charge in [0.1, 0.15) is 0 Å². The zero-order valence-corrected chi connectivity index (χ0v) is 19.6. The van der Waals surface area contributed by atoms with Crippen molar-refractivity contribution in [1.29, 1.82) is 0 Å². The Bertz CT molecular complexity index is 1180. The molecular formula is C26H27N3O2S. The minimum Gasteiger partial charge on any atom is -0.372 e. The number of imide groups is 1.